The molecule has 3 aromatic heterocycles. The number of nitrogens with one attached hydrogen (secondary N) is 1. The number of nitrogens with zero attached hydrogens (tertiary/aromatic N) is 6. The molecule has 1 atom stereocenters. The lowest BCUT2D eigenvalue weighted by molar-refractivity contribution is 0.102. The number of aromatic nitrogens is 4. The molecule has 0 spiro atoms. The smallest absolute Gasteiger partial charge is 0.255 e. The molecule has 4 heterocycles. The van der Waals surface area contributed by atoms with Gasteiger partial charge in [-0.2, -0.15) is 0 Å². The van der Waals surface area contributed by atoms with E-state index in [2.05, 4.69) is 41.6 Å². The van der Waals surface area contributed by atoms with Crippen molar-refractivity contribution in [3.05, 3.63) is 73.3 Å². The van der Waals surface area contributed by atoms with Crippen LogP contribution in [0.4, 0.5) is 17.5 Å². The summed E-state index contributed by atoms with van der Waals surface area (Å²) in [6.45, 7) is 6.25. The maximum Gasteiger partial charge on any atom is 0.255 e. The zero-order chi connectivity index (χ0) is 21.6. The van der Waals surface area contributed by atoms with E-state index < -0.39 is 0 Å². The van der Waals surface area contributed by atoms with Gasteiger partial charge in [0.1, 0.15) is 5.82 Å². The Morgan fingerprint density at radius 2 is 2.00 bits per heavy atom. The Bertz CT molecular complexity index is 1040. The maximum absolute atomic E-state index is 12.5. The zero-order valence-corrected chi connectivity index (χ0v) is 17.2. The molecule has 1 saturated heterocycles. The molecule has 1 fully saturated rings. The van der Waals surface area contributed by atoms with Crippen LogP contribution < -0.4 is 19.9 Å². The van der Waals surface area contributed by atoms with E-state index in [4.69, 9.17) is 4.74 Å². The van der Waals surface area contributed by atoms with Gasteiger partial charge in [-0.3, -0.25) is 4.79 Å². The number of ether oxygens (including phenoxy) is 1. The van der Waals surface area contributed by atoms with Gasteiger partial charge >= 0.3 is 0 Å². The lowest BCUT2D eigenvalue weighted by Gasteiger charge is -2.40. The van der Waals surface area contributed by atoms with Gasteiger partial charge in [-0.05, 0) is 18.2 Å². The highest BCUT2D eigenvalue weighted by atomic mass is 16.5. The largest absolute Gasteiger partial charge is 0.481 e. The van der Waals surface area contributed by atoms with Crippen LogP contribution in [-0.4, -0.2) is 58.6 Å². The molecule has 0 aromatic carbocycles. The average Bonchev–Trinajstić information content (AvgIpc) is 2.84. The van der Waals surface area contributed by atoms with Crippen LogP contribution >= 0.6 is 0 Å². The van der Waals surface area contributed by atoms with Gasteiger partial charge in [0.25, 0.3) is 5.91 Å². The van der Waals surface area contributed by atoms with Crippen LogP contribution in [0.1, 0.15) is 10.4 Å². The topological polar surface area (TPSA) is 96.4 Å². The lowest BCUT2D eigenvalue weighted by atomic mass is 10.1. The van der Waals surface area contributed by atoms with E-state index in [0.29, 0.717) is 23.1 Å². The molecule has 0 unspecified atom stereocenters. The minimum Gasteiger partial charge on any atom is -0.481 e. The molecule has 3 aromatic rings. The predicted octanol–water partition coefficient (Wildman–Crippen LogP) is 2.41. The molecule has 9 heteroatoms. The lowest BCUT2D eigenvalue weighted by Crippen LogP contribution is -2.53. The Kier molecular flexibility index (Phi) is 6.02. The molecule has 31 heavy (non-hydrogen) atoms. The van der Waals surface area contributed by atoms with Crippen molar-refractivity contribution >= 4 is 23.4 Å². The predicted molar refractivity (Wildman–Crippen MR) is 119 cm³/mol. The Balaban J connectivity index is 1.42. The maximum atomic E-state index is 12.5. The summed E-state index contributed by atoms with van der Waals surface area (Å²) < 4.78 is 5.06. The number of amides is 1. The van der Waals surface area contributed by atoms with Crippen LogP contribution in [0.5, 0.6) is 5.88 Å². The normalized spacial score (nSPS) is 16.0. The van der Waals surface area contributed by atoms with Gasteiger partial charge in [-0.25, -0.2) is 19.9 Å². The third-order valence-electron chi connectivity index (χ3n) is 5.02. The average molecular weight is 417 g/mol. The summed E-state index contributed by atoms with van der Waals surface area (Å²) in [6.07, 6.45) is 8.41. The summed E-state index contributed by atoms with van der Waals surface area (Å²) >= 11 is 0. The highest BCUT2D eigenvalue weighted by Crippen LogP contribution is 2.21. The molecule has 9 nitrogen and oxygen atoms in total. The number of methoxy groups -OCH3 is 1. The highest BCUT2D eigenvalue weighted by Gasteiger charge is 2.27. The minimum atomic E-state index is -0.287. The molecular formula is C22H23N7O2. The molecule has 0 saturated carbocycles. The minimum absolute atomic E-state index is 0.0421. The van der Waals surface area contributed by atoms with Crippen LogP contribution in [0.25, 0.3) is 0 Å². The van der Waals surface area contributed by atoms with Crippen molar-refractivity contribution in [2.24, 2.45) is 0 Å². The highest BCUT2D eigenvalue weighted by molar-refractivity contribution is 6.04. The molecule has 1 N–H and O–H groups in total. The monoisotopic (exact) mass is 417 g/mol. The van der Waals surface area contributed by atoms with Gasteiger partial charge in [0.2, 0.25) is 11.8 Å². The first kappa shape index (κ1) is 20.3. The van der Waals surface area contributed by atoms with E-state index in [1.165, 1.54) is 13.3 Å². The SMILES string of the molecule is C=C[C@H]1CN(c2ccccn2)CCN1c1ncc(NC(=O)c2ccnc(OC)c2)cn1. The Labute approximate surface area is 180 Å². The fraction of sp³-hybridized carbons (Fsp3) is 0.227. The van der Waals surface area contributed by atoms with E-state index in [1.807, 2.05) is 24.3 Å². The quantitative estimate of drug-likeness (QED) is 0.611. The second-order valence-electron chi connectivity index (χ2n) is 6.94. The van der Waals surface area contributed by atoms with Gasteiger partial charge in [0, 0.05) is 43.7 Å². The summed E-state index contributed by atoms with van der Waals surface area (Å²) in [5, 5.41) is 2.79. The van der Waals surface area contributed by atoms with Crippen LogP contribution in [0.3, 0.4) is 0 Å². The second kappa shape index (κ2) is 9.21. The van der Waals surface area contributed by atoms with Crippen LogP contribution in [0.2, 0.25) is 0 Å². The van der Waals surface area contributed by atoms with Crippen molar-refractivity contribution in [1.82, 2.24) is 19.9 Å². The van der Waals surface area contributed by atoms with Gasteiger partial charge < -0.3 is 19.9 Å². The van der Waals surface area contributed by atoms with Gasteiger partial charge in [-0.1, -0.05) is 12.1 Å². The fourth-order valence-electron chi connectivity index (χ4n) is 3.41. The van der Waals surface area contributed by atoms with Crippen LogP contribution in [0.15, 0.2) is 67.8 Å². The summed E-state index contributed by atoms with van der Waals surface area (Å²) in [7, 11) is 1.50. The molecule has 158 valence electrons. The van der Waals surface area contributed by atoms with E-state index in [1.54, 1.807) is 30.7 Å². The molecule has 1 aliphatic heterocycles. The first-order valence-corrected chi connectivity index (χ1v) is 9.86. The van der Waals surface area contributed by atoms with Crippen LogP contribution in [-0.2, 0) is 0 Å². The summed E-state index contributed by atoms with van der Waals surface area (Å²) in [5.74, 6) is 1.62. The molecule has 1 amide bonds. The first-order chi connectivity index (χ1) is 15.2. The fourth-order valence-corrected chi connectivity index (χ4v) is 3.41. The van der Waals surface area contributed by atoms with Crippen molar-refractivity contribution in [1.29, 1.82) is 0 Å². The van der Waals surface area contributed by atoms with Crippen molar-refractivity contribution in [3.63, 3.8) is 0 Å². The van der Waals surface area contributed by atoms with Crippen LogP contribution in [0, 0.1) is 0 Å². The standard InChI is InChI=1S/C22H23N7O2/c1-3-18-15-28(19-6-4-5-8-23-19)10-11-29(18)22-25-13-17(14-26-22)27-21(30)16-7-9-24-20(12-16)31-2/h3-9,12-14,18H,1,10-11,15H2,2H3,(H,27,30)/t18-/m0/s1. The molecule has 4 rings (SSSR count). The Morgan fingerprint density at radius 1 is 1.16 bits per heavy atom. The summed E-state index contributed by atoms with van der Waals surface area (Å²) in [6, 6.07) is 9.12. The molecule has 0 aliphatic carbocycles. The number of hydrogen-bond donors (Lipinski definition) is 1. The van der Waals surface area contributed by atoms with Crippen molar-refractivity contribution in [2.75, 3.05) is 41.9 Å². The number of anilines is 3. The number of hydrogen-bond acceptors (Lipinski definition) is 8. The Morgan fingerprint density at radius 3 is 2.71 bits per heavy atom. The van der Waals surface area contributed by atoms with E-state index in [-0.39, 0.29) is 11.9 Å². The van der Waals surface area contributed by atoms with E-state index in [9.17, 15) is 4.79 Å². The van der Waals surface area contributed by atoms with Crippen molar-refractivity contribution in [2.45, 2.75) is 6.04 Å². The molecule has 0 bridgehead atoms. The number of carbonyl (C=O) groups excluding carboxylic acids is 1. The first-order valence-electron chi connectivity index (χ1n) is 9.86. The second-order valence-corrected chi connectivity index (χ2v) is 6.94. The van der Waals surface area contributed by atoms with Crippen molar-refractivity contribution < 1.29 is 9.53 Å². The molecule has 0 radical (unpaired) electrons. The number of pyridine rings is 2. The number of piperazine rings is 1. The summed E-state index contributed by atoms with van der Waals surface area (Å²) in [4.78, 5) is 34.1. The van der Waals surface area contributed by atoms with Gasteiger partial charge in [0.15, 0.2) is 0 Å². The molecular weight excluding hydrogens is 394 g/mol. The summed E-state index contributed by atoms with van der Waals surface area (Å²) in [5.41, 5.74) is 0.945. The van der Waals surface area contributed by atoms with E-state index in [0.717, 1.165) is 25.5 Å². The van der Waals surface area contributed by atoms with Gasteiger partial charge in [-0.15, -0.1) is 6.58 Å². The third-order valence-corrected chi connectivity index (χ3v) is 5.02. The Hall–Kier alpha value is -4.01. The zero-order valence-electron chi connectivity index (χ0n) is 17.2. The van der Waals surface area contributed by atoms with Crippen molar-refractivity contribution in [3.8, 4) is 5.88 Å². The number of rotatable bonds is 6. The van der Waals surface area contributed by atoms with E-state index >= 15 is 0 Å². The number of carbonyl (C=O) groups is 1. The van der Waals surface area contributed by atoms with Gasteiger partial charge in [0.05, 0.1) is 31.2 Å². The molecule has 1 aliphatic rings. The third kappa shape index (κ3) is 4.61.